The number of hydrogen-bond acceptors (Lipinski definition) is 4. The monoisotopic (exact) mass is 416 g/mol. The van der Waals surface area contributed by atoms with Crippen LogP contribution < -0.4 is 19.3 Å². The van der Waals surface area contributed by atoms with E-state index in [4.69, 9.17) is 9.47 Å². The molecule has 1 amide bonds. The molecular formula is C26H28N2O3. The van der Waals surface area contributed by atoms with E-state index in [0.29, 0.717) is 23.6 Å². The minimum Gasteiger partial charge on any atom is -0.493 e. The molecule has 0 N–H and O–H groups in total. The van der Waals surface area contributed by atoms with Crippen LogP contribution in [0.4, 0.5) is 11.4 Å². The van der Waals surface area contributed by atoms with Gasteiger partial charge < -0.3 is 19.3 Å². The number of amides is 1. The first-order valence-corrected chi connectivity index (χ1v) is 10.5. The van der Waals surface area contributed by atoms with Gasteiger partial charge in [-0.15, -0.1) is 0 Å². The predicted molar refractivity (Wildman–Crippen MR) is 125 cm³/mol. The first-order chi connectivity index (χ1) is 15.0. The fourth-order valence-corrected chi connectivity index (χ4v) is 4.41. The van der Waals surface area contributed by atoms with Gasteiger partial charge in [0.05, 0.1) is 20.3 Å². The van der Waals surface area contributed by atoms with Gasteiger partial charge in [-0.25, -0.2) is 0 Å². The van der Waals surface area contributed by atoms with Crippen LogP contribution in [0.5, 0.6) is 11.5 Å². The Morgan fingerprint density at radius 1 is 0.968 bits per heavy atom. The average Bonchev–Trinajstić information content (AvgIpc) is 2.82. The topological polar surface area (TPSA) is 42.0 Å². The molecule has 0 aromatic heterocycles. The highest BCUT2D eigenvalue weighted by atomic mass is 16.5. The number of carbonyl (C=O) groups excluding carboxylic acids is 1. The van der Waals surface area contributed by atoms with E-state index >= 15 is 0 Å². The molecule has 0 fully saturated rings. The number of carbonyl (C=O) groups is 1. The zero-order valence-electron chi connectivity index (χ0n) is 18.5. The molecule has 1 aliphatic heterocycles. The highest BCUT2D eigenvalue weighted by Gasteiger charge is 2.31. The van der Waals surface area contributed by atoms with Crippen molar-refractivity contribution in [2.75, 3.05) is 37.6 Å². The van der Waals surface area contributed by atoms with Crippen LogP contribution in [0.3, 0.4) is 0 Å². The third-order valence-electron chi connectivity index (χ3n) is 6.05. The molecule has 1 atom stereocenters. The lowest BCUT2D eigenvalue weighted by Gasteiger charge is -2.40. The number of rotatable bonds is 5. The van der Waals surface area contributed by atoms with Crippen molar-refractivity contribution in [2.24, 2.45) is 0 Å². The van der Waals surface area contributed by atoms with Crippen molar-refractivity contribution >= 4 is 17.3 Å². The zero-order chi connectivity index (χ0) is 22.0. The maximum absolute atomic E-state index is 13.4. The van der Waals surface area contributed by atoms with Crippen LogP contribution in [0, 0.1) is 6.92 Å². The molecule has 1 unspecified atom stereocenters. The van der Waals surface area contributed by atoms with Gasteiger partial charge in [0.2, 0.25) is 0 Å². The molecule has 3 aromatic carbocycles. The fourth-order valence-electron chi connectivity index (χ4n) is 4.41. The lowest BCUT2D eigenvalue weighted by atomic mass is 9.93. The number of para-hydroxylation sites is 2. The van der Waals surface area contributed by atoms with Gasteiger partial charge in [-0.2, -0.15) is 0 Å². The van der Waals surface area contributed by atoms with Crippen LogP contribution in [0.2, 0.25) is 0 Å². The number of ether oxygens (including phenoxy) is 2. The molecule has 0 saturated carbocycles. The molecule has 3 aromatic rings. The standard InChI is InChI=1S/C26H28N2O3/c1-18-9-5-7-11-21(18)27(2)22-15-16-28(23-12-8-6-10-20(22)23)26(29)19-13-14-24(30-3)25(17-19)31-4/h5-14,17,22H,15-16H2,1-4H3. The van der Waals surface area contributed by atoms with E-state index in [2.05, 4.69) is 49.2 Å². The van der Waals surface area contributed by atoms with Crippen molar-refractivity contribution in [1.82, 2.24) is 0 Å². The van der Waals surface area contributed by atoms with Crippen molar-refractivity contribution in [3.05, 3.63) is 83.4 Å². The van der Waals surface area contributed by atoms with Gasteiger partial charge in [0.25, 0.3) is 5.91 Å². The summed E-state index contributed by atoms with van der Waals surface area (Å²) < 4.78 is 10.7. The Balaban J connectivity index is 1.68. The molecule has 0 radical (unpaired) electrons. The van der Waals surface area contributed by atoms with Crippen molar-refractivity contribution < 1.29 is 14.3 Å². The molecule has 0 saturated heterocycles. The lowest BCUT2D eigenvalue weighted by Crippen LogP contribution is -2.40. The van der Waals surface area contributed by atoms with Gasteiger partial charge in [-0.3, -0.25) is 4.79 Å². The lowest BCUT2D eigenvalue weighted by molar-refractivity contribution is 0.0983. The summed E-state index contributed by atoms with van der Waals surface area (Å²) in [5.74, 6) is 1.12. The molecule has 0 bridgehead atoms. The molecular weight excluding hydrogens is 388 g/mol. The third-order valence-corrected chi connectivity index (χ3v) is 6.05. The molecule has 1 aliphatic rings. The van der Waals surface area contributed by atoms with E-state index in [1.54, 1.807) is 32.4 Å². The molecule has 0 spiro atoms. The van der Waals surface area contributed by atoms with E-state index in [9.17, 15) is 4.79 Å². The predicted octanol–water partition coefficient (Wildman–Crippen LogP) is 5.24. The highest BCUT2D eigenvalue weighted by Crippen LogP contribution is 2.40. The van der Waals surface area contributed by atoms with Crippen molar-refractivity contribution in [2.45, 2.75) is 19.4 Å². The second kappa shape index (κ2) is 8.72. The van der Waals surface area contributed by atoms with Crippen LogP contribution in [-0.4, -0.2) is 33.7 Å². The van der Waals surface area contributed by atoms with E-state index < -0.39 is 0 Å². The minimum atomic E-state index is -0.0367. The smallest absolute Gasteiger partial charge is 0.258 e. The van der Waals surface area contributed by atoms with Crippen LogP contribution in [0.25, 0.3) is 0 Å². The Kier molecular flexibility index (Phi) is 5.85. The van der Waals surface area contributed by atoms with Crippen LogP contribution in [0.15, 0.2) is 66.7 Å². The maximum atomic E-state index is 13.4. The number of fused-ring (bicyclic) bond motifs is 1. The molecule has 160 valence electrons. The summed E-state index contributed by atoms with van der Waals surface area (Å²) in [6.45, 7) is 2.78. The number of methoxy groups -OCH3 is 2. The quantitative estimate of drug-likeness (QED) is 0.570. The van der Waals surface area contributed by atoms with Crippen LogP contribution in [-0.2, 0) is 0 Å². The summed E-state index contributed by atoms with van der Waals surface area (Å²) in [7, 11) is 5.30. The normalized spacial score (nSPS) is 15.2. The highest BCUT2D eigenvalue weighted by molar-refractivity contribution is 6.07. The third kappa shape index (κ3) is 3.83. The Hall–Kier alpha value is -3.47. The largest absolute Gasteiger partial charge is 0.493 e. The summed E-state index contributed by atoms with van der Waals surface area (Å²) >= 11 is 0. The summed E-state index contributed by atoms with van der Waals surface area (Å²) in [6, 6.07) is 22.1. The molecule has 4 rings (SSSR count). The van der Waals surface area contributed by atoms with Gasteiger partial charge in [-0.05, 0) is 54.8 Å². The average molecular weight is 417 g/mol. The van der Waals surface area contributed by atoms with E-state index in [1.807, 2.05) is 23.1 Å². The Labute approximate surface area is 183 Å². The van der Waals surface area contributed by atoms with Crippen LogP contribution in [0.1, 0.15) is 33.9 Å². The first kappa shape index (κ1) is 20.8. The molecule has 1 heterocycles. The SMILES string of the molecule is COc1ccc(C(=O)N2CCC(N(C)c3ccccc3C)c3ccccc32)cc1OC. The maximum Gasteiger partial charge on any atom is 0.258 e. The number of hydrogen-bond donors (Lipinski definition) is 0. The van der Waals surface area contributed by atoms with E-state index in [1.165, 1.54) is 11.3 Å². The number of aryl methyl sites for hydroxylation is 1. The second-order valence-electron chi connectivity index (χ2n) is 7.79. The van der Waals surface area contributed by atoms with E-state index in [-0.39, 0.29) is 11.9 Å². The Bertz CT molecular complexity index is 1100. The number of benzene rings is 3. The Morgan fingerprint density at radius 2 is 1.68 bits per heavy atom. The van der Waals surface area contributed by atoms with E-state index in [0.717, 1.165) is 17.7 Å². The zero-order valence-corrected chi connectivity index (χ0v) is 18.5. The van der Waals surface area contributed by atoms with Crippen molar-refractivity contribution in [3.63, 3.8) is 0 Å². The molecule has 31 heavy (non-hydrogen) atoms. The second-order valence-corrected chi connectivity index (χ2v) is 7.79. The van der Waals surface area contributed by atoms with Gasteiger partial charge in [0, 0.05) is 30.5 Å². The summed E-state index contributed by atoms with van der Waals surface area (Å²) in [4.78, 5) is 17.6. The molecule has 0 aliphatic carbocycles. The Morgan fingerprint density at radius 3 is 2.42 bits per heavy atom. The van der Waals surface area contributed by atoms with Gasteiger partial charge >= 0.3 is 0 Å². The fraction of sp³-hybridized carbons (Fsp3) is 0.269. The summed E-state index contributed by atoms with van der Waals surface area (Å²) in [6.07, 6.45) is 0.848. The van der Waals surface area contributed by atoms with Gasteiger partial charge in [0.1, 0.15) is 0 Å². The van der Waals surface area contributed by atoms with Crippen LogP contribution >= 0.6 is 0 Å². The minimum absolute atomic E-state index is 0.0367. The summed E-state index contributed by atoms with van der Waals surface area (Å²) in [5, 5.41) is 0. The number of nitrogens with zero attached hydrogens (tertiary/aromatic N) is 2. The molecule has 5 nitrogen and oxygen atoms in total. The van der Waals surface area contributed by atoms with Gasteiger partial charge in [-0.1, -0.05) is 36.4 Å². The first-order valence-electron chi connectivity index (χ1n) is 10.5. The summed E-state index contributed by atoms with van der Waals surface area (Å²) in [5.41, 5.74) is 5.15. The van der Waals surface area contributed by atoms with Gasteiger partial charge in [0.15, 0.2) is 11.5 Å². The molecule has 5 heteroatoms. The van der Waals surface area contributed by atoms with Crippen molar-refractivity contribution in [3.8, 4) is 11.5 Å². The van der Waals surface area contributed by atoms with Crippen molar-refractivity contribution in [1.29, 1.82) is 0 Å². The number of anilines is 2.